The molecule has 0 spiro atoms. The van der Waals surface area contributed by atoms with Crippen LogP contribution in [0.1, 0.15) is 0 Å². The quantitative estimate of drug-likeness (QED) is 0.543. The Morgan fingerprint density at radius 3 is 2.64 bits per heavy atom. The van der Waals surface area contributed by atoms with Crippen LogP contribution in [-0.4, -0.2) is 50.7 Å². The van der Waals surface area contributed by atoms with Gasteiger partial charge in [-0.1, -0.05) is 0 Å². The van der Waals surface area contributed by atoms with Crippen molar-refractivity contribution in [1.82, 2.24) is 10.2 Å². The molecule has 0 aromatic carbocycles. The molecule has 1 unspecified atom stereocenters. The van der Waals surface area contributed by atoms with Crippen LogP contribution < -0.4 is 5.32 Å². The van der Waals surface area contributed by atoms with Crippen molar-refractivity contribution in [3.63, 3.8) is 0 Å². The molecule has 0 radical (unpaired) electrons. The van der Waals surface area contributed by atoms with Crippen LogP contribution in [0.2, 0.25) is 0 Å². The lowest BCUT2D eigenvalue weighted by Gasteiger charge is -2.30. The molecule has 1 atom stereocenters. The van der Waals surface area contributed by atoms with E-state index in [0.717, 1.165) is 39.5 Å². The second kappa shape index (κ2) is 3.49. The zero-order valence-corrected chi connectivity index (χ0v) is 6.58. The molecule has 2 heterocycles. The molecule has 2 aliphatic rings. The Kier molecular flexibility index (Phi) is 2.38. The highest BCUT2D eigenvalue weighted by molar-refractivity contribution is 4.68. The first-order valence-corrected chi connectivity index (χ1v) is 4.13. The van der Waals surface area contributed by atoms with Gasteiger partial charge in [-0.2, -0.15) is 0 Å². The van der Waals surface area contributed by atoms with Gasteiger partial charge < -0.3 is 9.47 Å². The predicted molar refractivity (Wildman–Crippen MR) is 40.1 cm³/mol. The van der Waals surface area contributed by atoms with E-state index in [2.05, 4.69) is 10.2 Å². The van der Waals surface area contributed by atoms with Crippen molar-refractivity contribution in [2.75, 3.05) is 39.5 Å². The Balaban J connectivity index is 1.82. The molecule has 0 bridgehead atoms. The van der Waals surface area contributed by atoms with Crippen LogP contribution in [0.5, 0.6) is 0 Å². The van der Waals surface area contributed by atoms with Gasteiger partial charge in [0.05, 0.1) is 19.8 Å². The average Bonchev–Trinajstić information content (AvgIpc) is 2.58. The topological polar surface area (TPSA) is 33.7 Å². The summed E-state index contributed by atoms with van der Waals surface area (Å²) < 4.78 is 10.7. The molecule has 0 aromatic rings. The summed E-state index contributed by atoms with van der Waals surface area (Å²) in [7, 11) is 0. The summed E-state index contributed by atoms with van der Waals surface area (Å²) in [5.41, 5.74) is 0. The van der Waals surface area contributed by atoms with E-state index >= 15 is 0 Å². The van der Waals surface area contributed by atoms with E-state index in [9.17, 15) is 0 Å². The maximum absolute atomic E-state index is 5.45. The minimum atomic E-state index is 0.152. The van der Waals surface area contributed by atoms with Crippen LogP contribution in [0.4, 0.5) is 0 Å². The van der Waals surface area contributed by atoms with Crippen LogP contribution in [0.3, 0.4) is 0 Å². The largest absolute Gasteiger partial charge is 0.379 e. The van der Waals surface area contributed by atoms with Crippen LogP contribution in [-0.2, 0) is 9.47 Å². The fraction of sp³-hybridized carbons (Fsp3) is 1.00. The van der Waals surface area contributed by atoms with Crippen molar-refractivity contribution >= 4 is 0 Å². The molecule has 0 aromatic heterocycles. The standard InChI is InChI=1S/C7H14N2O2/c1-4-11-7(8-1)9-2-5-10-6-3-9/h7-8H,1-6H2. The Hall–Kier alpha value is -0.160. The molecule has 1 N–H and O–H groups in total. The predicted octanol–water partition coefficient (Wildman–Crippen LogP) is -0.778. The molecule has 2 fully saturated rings. The second-order valence-electron chi connectivity index (χ2n) is 2.83. The van der Waals surface area contributed by atoms with Gasteiger partial charge in [0, 0.05) is 19.6 Å². The van der Waals surface area contributed by atoms with Gasteiger partial charge in [-0.15, -0.1) is 0 Å². The van der Waals surface area contributed by atoms with Crippen molar-refractivity contribution in [3.8, 4) is 0 Å². The molecule has 2 saturated heterocycles. The van der Waals surface area contributed by atoms with Crippen LogP contribution in [0, 0.1) is 0 Å². The van der Waals surface area contributed by atoms with Crippen LogP contribution in [0.15, 0.2) is 0 Å². The van der Waals surface area contributed by atoms with Gasteiger partial charge in [0.1, 0.15) is 0 Å². The van der Waals surface area contributed by atoms with Crippen LogP contribution in [0.25, 0.3) is 0 Å². The van der Waals surface area contributed by atoms with Gasteiger partial charge in [-0.05, 0) is 0 Å². The summed E-state index contributed by atoms with van der Waals surface area (Å²) in [6.07, 6.45) is 0.152. The third kappa shape index (κ3) is 1.70. The summed E-state index contributed by atoms with van der Waals surface area (Å²) in [5.74, 6) is 0. The molecule has 11 heavy (non-hydrogen) atoms. The van der Waals surface area contributed by atoms with Gasteiger partial charge in [0.25, 0.3) is 0 Å². The normalized spacial score (nSPS) is 34.4. The number of nitrogens with one attached hydrogen (secondary N) is 1. The van der Waals surface area contributed by atoms with E-state index in [1.807, 2.05) is 0 Å². The number of rotatable bonds is 1. The van der Waals surface area contributed by atoms with Crippen LogP contribution >= 0.6 is 0 Å². The lowest BCUT2D eigenvalue weighted by Crippen LogP contribution is -2.48. The fourth-order valence-electron chi connectivity index (χ4n) is 1.46. The number of ether oxygens (including phenoxy) is 2. The number of hydrogen-bond donors (Lipinski definition) is 1. The molecule has 0 aliphatic carbocycles. The maximum atomic E-state index is 5.45. The van der Waals surface area contributed by atoms with Crippen molar-refractivity contribution in [2.45, 2.75) is 6.35 Å². The average molecular weight is 158 g/mol. The monoisotopic (exact) mass is 158 g/mol. The number of nitrogens with zero attached hydrogens (tertiary/aromatic N) is 1. The molecular weight excluding hydrogens is 144 g/mol. The number of hydrogen-bond acceptors (Lipinski definition) is 4. The van der Waals surface area contributed by atoms with E-state index in [-0.39, 0.29) is 6.35 Å². The molecule has 4 heteroatoms. The minimum absolute atomic E-state index is 0.152. The van der Waals surface area contributed by atoms with Gasteiger partial charge in [0.15, 0.2) is 6.35 Å². The molecule has 2 aliphatic heterocycles. The molecular formula is C7H14N2O2. The molecule has 2 rings (SSSR count). The smallest absolute Gasteiger partial charge is 0.166 e. The third-order valence-electron chi connectivity index (χ3n) is 2.07. The zero-order valence-electron chi connectivity index (χ0n) is 6.58. The fourth-order valence-corrected chi connectivity index (χ4v) is 1.46. The van der Waals surface area contributed by atoms with E-state index < -0.39 is 0 Å². The third-order valence-corrected chi connectivity index (χ3v) is 2.07. The van der Waals surface area contributed by atoms with Gasteiger partial charge in [-0.3, -0.25) is 10.2 Å². The van der Waals surface area contributed by atoms with E-state index in [0.29, 0.717) is 0 Å². The lowest BCUT2D eigenvalue weighted by molar-refractivity contribution is -0.0778. The molecule has 0 amide bonds. The van der Waals surface area contributed by atoms with E-state index in [1.54, 1.807) is 0 Å². The summed E-state index contributed by atoms with van der Waals surface area (Å²) in [4.78, 5) is 2.27. The highest BCUT2D eigenvalue weighted by atomic mass is 16.5. The summed E-state index contributed by atoms with van der Waals surface area (Å²) in [6.45, 7) is 5.45. The van der Waals surface area contributed by atoms with E-state index in [4.69, 9.17) is 9.47 Å². The Morgan fingerprint density at radius 2 is 2.00 bits per heavy atom. The van der Waals surface area contributed by atoms with Gasteiger partial charge in [0.2, 0.25) is 0 Å². The Labute approximate surface area is 66.5 Å². The number of morpholine rings is 1. The Morgan fingerprint density at radius 1 is 1.18 bits per heavy atom. The summed E-state index contributed by atoms with van der Waals surface area (Å²) in [5, 5.41) is 3.27. The van der Waals surface area contributed by atoms with Crippen molar-refractivity contribution in [1.29, 1.82) is 0 Å². The van der Waals surface area contributed by atoms with Crippen molar-refractivity contribution in [2.24, 2.45) is 0 Å². The lowest BCUT2D eigenvalue weighted by atomic mass is 10.4. The van der Waals surface area contributed by atoms with E-state index in [1.165, 1.54) is 0 Å². The highest BCUT2D eigenvalue weighted by Crippen LogP contribution is 2.05. The molecule has 0 saturated carbocycles. The second-order valence-corrected chi connectivity index (χ2v) is 2.83. The van der Waals surface area contributed by atoms with Crippen molar-refractivity contribution in [3.05, 3.63) is 0 Å². The molecule has 64 valence electrons. The SMILES string of the molecule is C1COC(N2CCOCC2)N1. The Bertz CT molecular complexity index is 120. The first-order chi connectivity index (χ1) is 5.47. The van der Waals surface area contributed by atoms with Gasteiger partial charge >= 0.3 is 0 Å². The first-order valence-electron chi connectivity index (χ1n) is 4.13. The zero-order chi connectivity index (χ0) is 7.52. The minimum Gasteiger partial charge on any atom is -0.379 e. The first kappa shape index (κ1) is 7.49. The highest BCUT2D eigenvalue weighted by Gasteiger charge is 2.23. The van der Waals surface area contributed by atoms with Gasteiger partial charge in [-0.25, -0.2) is 0 Å². The summed E-state index contributed by atoms with van der Waals surface area (Å²) >= 11 is 0. The summed E-state index contributed by atoms with van der Waals surface area (Å²) in [6, 6.07) is 0. The van der Waals surface area contributed by atoms with Crippen molar-refractivity contribution < 1.29 is 9.47 Å². The molecule has 4 nitrogen and oxygen atoms in total. The maximum Gasteiger partial charge on any atom is 0.166 e.